The van der Waals surface area contributed by atoms with Gasteiger partial charge in [0.15, 0.2) is 5.69 Å². The summed E-state index contributed by atoms with van der Waals surface area (Å²) in [6, 6.07) is 8.37. The summed E-state index contributed by atoms with van der Waals surface area (Å²) in [6.07, 6.45) is 1.63. The summed E-state index contributed by atoms with van der Waals surface area (Å²) in [5, 5.41) is 13.6. The van der Waals surface area contributed by atoms with E-state index in [9.17, 15) is 19.2 Å². The Kier molecular flexibility index (Phi) is 9.80. The SMILES string of the molecule is Cc1nc(CC(=O)N2CCNC(=O)c3coc(n3)[C@H](Cc3ccccc3)NC(=O)c3csc(n3)[C@H](C(C)C)NC(=O)C2)cs1. The molecule has 0 saturated heterocycles. The van der Waals surface area contributed by atoms with Crippen molar-refractivity contribution in [3.8, 4) is 0 Å². The number of amides is 4. The Morgan fingerprint density at radius 2 is 1.82 bits per heavy atom. The summed E-state index contributed by atoms with van der Waals surface area (Å²) in [5.74, 6) is -1.51. The normalized spacial score (nSPS) is 18.3. The molecule has 5 rings (SSSR count). The Bertz CT molecular complexity index is 1630. The van der Waals surface area contributed by atoms with Crippen molar-refractivity contribution in [1.29, 1.82) is 0 Å². The van der Waals surface area contributed by atoms with E-state index in [1.807, 2.05) is 56.5 Å². The molecular weight excluding hydrogens is 603 g/mol. The zero-order valence-corrected chi connectivity index (χ0v) is 26.2. The lowest BCUT2D eigenvalue weighted by Crippen LogP contribution is -2.46. The van der Waals surface area contributed by atoms with E-state index in [0.717, 1.165) is 10.6 Å². The lowest BCUT2D eigenvalue weighted by atomic mass is 10.0. The van der Waals surface area contributed by atoms with Crippen molar-refractivity contribution in [1.82, 2.24) is 35.8 Å². The fourth-order valence-electron chi connectivity index (χ4n) is 4.72. The zero-order valence-electron chi connectivity index (χ0n) is 24.5. The summed E-state index contributed by atoms with van der Waals surface area (Å²) in [5.41, 5.74) is 1.76. The lowest BCUT2D eigenvalue weighted by Gasteiger charge is -2.25. The van der Waals surface area contributed by atoms with Crippen LogP contribution in [0.25, 0.3) is 0 Å². The molecule has 0 saturated carbocycles. The fraction of sp³-hybridized carbons (Fsp3) is 0.367. The number of hydrogen-bond donors (Lipinski definition) is 3. The van der Waals surface area contributed by atoms with Gasteiger partial charge in [0.2, 0.25) is 17.7 Å². The van der Waals surface area contributed by atoms with Crippen LogP contribution in [-0.4, -0.2) is 63.1 Å². The molecule has 12 nitrogen and oxygen atoms in total. The third kappa shape index (κ3) is 7.74. The van der Waals surface area contributed by atoms with Crippen molar-refractivity contribution in [2.24, 2.45) is 5.92 Å². The van der Waals surface area contributed by atoms with Crippen molar-refractivity contribution >= 4 is 46.3 Å². The molecule has 3 aromatic heterocycles. The number of nitrogens with one attached hydrogen (secondary N) is 3. The monoisotopic (exact) mass is 635 g/mol. The van der Waals surface area contributed by atoms with E-state index in [-0.39, 0.29) is 61.1 Å². The van der Waals surface area contributed by atoms with Gasteiger partial charge in [0.25, 0.3) is 11.8 Å². The highest BCUT2D eigenvalue weighted by molar-refractivity contribution is 7.10. The van der Waals surface area contributed by atoms with E-state index >= 15 is 0 Å². The Labute approximate surface area is 262 Å². The number of aromatic nitrogens is 3. The number of nitrogens with zero attached hydrogens (tertiary/aromatic N) is 4. The second-order valence-corrected chi connectivity index (χ2v) is 12.7. The summed E-state index contributed by atoms with van der Waals surface area (Å²) < 4.78 is 5.68. The molecule has 4 heterocycles. The number of oxazole rings is 1. The number of carbonyl (C=O) groups excluding carboxylic acids is 4. The van der Waals surface area contributed by atoms with Crippen LogP contribution in [0.2, 0.25) is 0 Å². The second kappa shape index (κ2) is 13.9. The van der Waals surface area contributed by atoms with Crippen LogP contribution in [0.3, 0.4) is 0 Å². The molecule has 0 radical (unpaired) electrons. The van der Waals surface area contributed by atoms with Gasteiger partial charge in [0, 0.05) is 30.3 Å². The first-order chi connectivity index (χ1) is 21.2. The molecule has 4 amide bonds. The van der Waals surface area contributed by atoms with Crippen LogP contribution in [0, 0.1) is 12.8 Å². The highest BCUT2D eigenvalue weighted by Crippen LogP contribution is 2.26. The molecule has 4 aromatic rings. The molecule has 3 N–H and O–H groups in total. The maximum Gasteiger partial charge on any atom is 0.273 e. The first-order valence-electron chi connectivity index (χ1n) is 14.2. The van der Waals surface area contributed by atoms with Gasteiger partial charge in [-0.3, -0.25) is 19.2 Å². The van der Waals surface area contributed by atoms with Gasteiger partial charge in [0.1, 0.15) is 23.0 Å². The molecule has 1 aromatic carbocycles. The van der Waals surface area contributed by atoms with E-state index < -0.39 is 23.9 Å². The van der Waals surface area contributed by atoms with Crippen LogP contribution in [0.4, 0.5) is 0 Å². The Morgan fingerprint density at radius 1 is 1.02 bits per heavy atom. The smallest absolute Gasteiger partial charge is 0.273 e. The average molecular weight is 636 g/mol. The van der Waals surface area contributed by atoms with Crippen LogP contribution >= 0.6 is 22.7 Å². The van der Waals surface area contributed by atoms with E-state index in [2.05, 4.69) is 30.9 Å². The molecule has 0 aliphatic carbocycles. The van der Waals surface area contributed by atoms with Gasteiger partial charge in [-0.2, -0.15) is 0 Å². The molecule has 2 atom stereocenters. The number of fused-ring (bicyclic) bond motifs is 4. The van der Waals surface area contributed by atoms with Gasteiger partial charge in [-0.05, 0) is 18.4 Å². The van der Waals surface area contributed by atoms with Gasteiger partial charge >= 0.3 is 0 Å². The first-order valence-corrected chi connectivity index (χ1v) is 15.9. The lowest BCUT2D eigenvalue weighted by molar-refractivity contribution is -0.135. The van der Waals surface area contributed by atoms with E-state index in [1.54, 1.807) is 5.38 Å². The molecule has 0 unspecified atom stereocenters. The number of benzene rings is 1. The second-order valence-electron chi connectivity index (χ2n) is 10.8. The molecule has 44 heavy (non-hydrogen) atoms. The van der Waals surface area contributed by atoms with Gasteiger partial charge in [-0.15, -0.1) is 22.7 Å². The third-order valence-electron chi connectivity index (χ3n) is 7.00. The fourth-order valence-corrected chi connectivity index (χ4v) is 6.35. The largest absolute Gasteiger partial charge is 0.446 e. The summed E-state index contributed by atoms with van der Waals surface area (Å²) in [6.45, 7) is 5.68. The average Bonchev–Trinajstić information content (AvgIpc) is 3.76. The topological polar surface area (TPSA) is 159 Å². The van der Waals surface area contributed by atoms with E-state index in [4.69, 9.17) is 4.42 Å². The number of aryl methyl sites for hydroxylation is 1. The first kappa shape index (κ1) is 31.0. The highest BCUT2D eigenvalue weighted by atomic mass is 32.1. The highest BCUT2D eigenvalue weighted by Gasteiger charge is 2.28. The number of hydrogen-bond acceptors (Lipinski definition) is 10. The number of rotatable bonds is 5. The van der Waals surface area contributed by atoms with Gasteiger partial charge < -0.3 is 25.3 Å². The minimum atomic E-state index is -0.682. The van der Waals surface area contributed by atoms with Crippen molar-refractivity contribution in [2.45, 2.75) is 45.7 Å². The number of carbonyl (C=O) groups is 4. The molecular formula is C30H33N7O5S2. The quantitative estimate of drug-likeness (QED) is 0.302. The van der Waals surface area contributed by atoms with Gasteiger partial charge in [-0.25, -0.2) is 15.0 Å². The standard InChI is InChI=1S/C30H33N7O5S2/c1-17(2)26-30-35-23(16-44-30)28(41)33-21(11-19-7-5-4-6-8-19)29-34-22(14-42-29)27(40)31-9-10-37(13-24(38)36-26)25(39)12-20-15-43-18(3)32-20/h4-8,14-17,21,26H,9-13H2,1-3H3,(H,31,40)(H,33,41)(H,36,38)/t21-,26-/m0/s1. The molecule has 0 spiro atoms. The molecule has 230 valence electrons. The maximum absolute atomic E-state index is 13.4. The van der Waals surface area contributed by atoms with Crippen LogP contribution in [-0.2, 0) is 22.4 Å². The van der Waals surface area contributed by atoms with Gasteiger partial charge in [-0.1, -0.05) is 44.2 Å². The Balaban J connectivity index is 1.44. The third-order valence-corrected chi connectivity index (χ3v) is 8.75. The zero-order chi connectivity index (χ0) is 31.2. The van der Waals surface area contributed by atoms with E-state index in [1.165, 1.54) is 33.8 Å². The number of thiazole rings is 2. The van der Waals surface area contributed by atoms with Crippen molar-refractivity contribution in [3.63, 3.8) is 0 Å². The summed E-state index contributed by atoms with van der Waals surface area (Å²) >= 11 is 2.71. The van der Waals surface area contributed by atoms with Crippen molar-refractivity contribution in [3.05, 3.63) is 85.9 Å². The Morgan fingerprint density at radius 3 is 2.55 bits per heavy atom. The molecule has 1 aliphatic rings. The molecule has 4 bridgehead atoms. The molecule has 14 heteroatoms. The summed E-state index contributed by atoms with van der Waals surface area (Å²) in [7, 11) is 0. The summed E-state index contributed by atoms with van der Waals surface area (Å²) in [4.78, 5) is 67.6. The maximum atomic E-state index is 13.4. The van der Waals surface area contributed by atoms with Crippen LogP contribution in [0.5, 0.6) is 0 Å². The molecule has 0 fully saturated rings. The van der Waals surface area contributed by atoms with Gasteiger partial charge in [0.05, 0.1) is 29.7 Å². The molecule has 1 aliphatic heterocycles. The van der Waals surface area contributed by atoms with Crippen LogP contribution in [0.15, 0.2) is 51.8 Å². The van der Waals surface area contributed by atoms with E-state index in [0.29, 0.717) is 17.1 Å². The van der Waals surface area contributed by atoms with Crippen LogP contribution in [0.1, 0.15) is 74.1 Å². The van der Waals surface area contributed by atoms with Crippen molar-refractivity contribution < 1.29 is 23.6 Å². The minimum absolute atomic E-state index is 0.0257. The Hall–Kier alpha value is -4.43. The predicted molar refractivity (Wildman–Crippen MR) is 164 cm³/mol. The predicted octanol–water partition coefficient (Wildman–Crippen LogP) is 3.24. The van der Waals surface area contributed by atoms with Crippen LogP contribution < -0.4 is 16.0 Å². The minimum Gasteiger partial charge on any atom is -0.446 e. The van der Waals surface area contributed by atoms with Crippen molar-refractivity contribution in [2.75, 3.05) is 19.6 Å².